The van der Waals surface area contributed by atoms with Crippen molar-refractivity contribution in [2.75, 3.05) is 19.6 Å². The van der Waals surface area contributed by atoms with Gasteiger partial charge in [0.2, 0.25) is 0 Å². The van der Waals surface area contributed by atoms with Gasteiger partial charge in [0.1, 0.15) is 0 Å². The van der Waals surface area contributed by atoms with Crippen molar-refractivity contribution in [3.05, 3.63) is 35.9 Å². The minimum absolute atomic E-state index is 0.100. The Bertz CT molecular complexity index is 524. The van der Waals surface area contributed by atoms with E-state index in [4.69, 9.17) is 0 Å². The van der Waals surface area contributed by atoms with Crippen LogP contribution in [0.25, 0.3) is 0 Å². The van der Waals surface area contributed by atoms with Crippen molar-refractivity contribution in [3.8, 4) is 0 Å². The van der Waals surface area contributed by atoms with Crippen LogP contribution in [0.3, 0.4) is 0 Å². The molecule has 1 atom stereocenters. The molecule has 0 saturated carbocycles. The van der Waals surface area contributed by atoms with E-state index in [1.54, 1.807) is 4.90 Å². The average molecular weight is 318 g/mol. The zero-order valence-corrected chi connectivity index (χ0v) is 14.9. The van der Waals surface area contributed by atoms with Crippen LogP contribution in [0, 0.1) is 5.41 Å². The summed E-state index contributed by atoms with van der Waals surface area (Å²) in [5.41, 5.74) is 0.854. The summed E-state index contributed by atoms with van der Waals surface area (Å²) in [5.74, 6) is 0. The second-order valence-electron chi connectivity index (χ2n) is 7.66. The molecule has 128 valence electrons. The fraction of sp³-hybridized carbons (Fsp3) is 0.632. The first-order chi connectivity index (χ1) is 10.8. The fourth-order valence-electron chi connectivity index (χ4n) is 3.89. The molecule has 1 heterocycles. The normalized spacial score (nSPS) is 23.0. The summed E-state index contributed by atoms with van der Waals surface area (Å²) >= 11 is 0. The van der Waals surface area contributed by atoms with Gasteiger partial charge in [-0.3, -0.25) is 9.80 Å². The Morgan fingerprint density at radius 2 is 1.87 bits per heavy atom. The van der Waals surface area contributed by atoms with Gasteiger partial charge in [-0.05, 0) is 17.4 Å². The molecule has 0 radical (unpaired) electrons. The van der Waals surface area contributed by atoms with Gasteiger partial charge in [-0.25, -0.2) is 4.79 Å². The zero-order chi connectivity index (χ0) is 17.1. The van der Waals surface area contributed by atoms with E-state index in [2.05, 4.69) is 56.9 Å². The van der Waals surface area contributed by atoms with Crippen LogP contribution >= 0.6 is 0 Å². The van der Waals surface area contributed by atoms with Crippen molar-refractivity contribution in [2.45, 2.75) is 52.6 Å². The van der Waals surface area contributed by atoms with Crippen LogP contribution in [0.1, 0.15) is 46.1 Å². The molecule has 1 saturated heterocycles. The van der Waals surface area contributed by atoms with Crippen molar-refractivity contribution < 1.29 is 9.90 Å². The lowest BCUT2D eigenvalue weighted by Crippen LogP contribution is -2.68. The minimum atomic E-state index is -0.785. The number of amides is 1. The highest BCUT2D eigenvalue weighted by atomic mass is 16.4. The molecule has 1 aliphatic rings. The van der Waals surface area contributed by atoms with Crippen molar-refractivity contribution in [1.82, 2.24) is 9.80 Å². The van der Waals surface area contributed by atoms with Crippen LogP contribution in [-0.4, -0.2) is 46.2 Å². The highest BCUT2D eigenvalue weighted by Gasteiger charge is 2.51. The molecule has 1 fully saturated rings. The van der Waals surface area contributed by atoms with Crippen molar-refractivity contribution in [2.24, 2.45) is 5.41 Å². The van der Waals surface area contributed by atoms with Crippen LogP contribution in [0.2, 0.25) is 0 Å². The first-order valence-corrected chi connectivity index (χ1v) is 8.57. The molecule has 0 aromatic heterocycles. The van der Waals surface area contributed by atoms with Gasteiger partial charge >= 0.3 is 6.09 Å². The summed E-state index contributed by atoms with van der Waals surface area (Å²) in [7, 11) is 0. The standard InChI is InChI=1S/C19H30N2O2/c1-5-11-19(18(2,3)4)15-20(12-13-21(19)17(22)23)14-16-9-7-6-8-10-16/h6-10H,5,11-15H2,1-4H3,(H,22,23)/t19-/m1/s1. The van der Waals surface area contributed by atoms with E-state index in [0.717, 1.165) is 32.5 Å². The van der Waals surface area contributed by atoms with E-state index < -0.39 is 6.09 Å². The summed E-state index contributed by atoms with van der Waals surface area (Å²) in [6, 6.07) is 10.4. The third-order valence-corrected chi connectivity index (χ3v) is 5.18. The summed E-state index contributed by atoms with van der Waals surface area (Å²) in [6.45, 7) is 11.7. The third kappa shape index (κ3) is 3.69. The van der Waals surface area contributed by atoms with Gasteiger partial charge < -0.3 is 5.11 Å². The van der Waals surface area contributed by atoms with Crippen LogP contribution < -0.4 is 0 Å². The van der Waals surface area contributed by atoms with E-state index >= 15 is 0 Å². The molecule has 23 heavy (non-hydrogen) atoms. The van der Waals surface area contributed by atoms with Crippen LogP contribution in [0.5, 0.6) is 0 Å². The quantitative estimate of drug-likeness (QED) is 0.910. The van der Waals surface area contributed by atoms with Gasteiger partial charge in [-0.2, -0.15) is 0 Å². The van der Waals surface area contributed by atoms with Gasteiger partial charge in [0, 0.05) is 26.2 Å². The molecular formula is C19H30N2O2. The molecule has 1 aliphatic heterocycles. The Morgan fingerprint density at radius 3 is 2.39 bits per heavy atom. The Hall–Kier alpha value is -1.55. The summed E-state index contributed by atoms with van der Waals surface area (Å²) < 4.78 is 0. The molecule has 0 bridgehead atoms. The van der Waals surface area contributed by atoms with Gasteiger partial charge in [0.25, 0.3) is 0 Å². The highest BCUT2D eigenvalue weighted by Crippen LogP contribution is 2.42. The number of nitrogens with zero attached hydrogens (tertiary/aromatic N) is 2. The number of carbonyl (C=O) groups is 1. The topological polar surface area (TPSA) is 43.8 Å². The van der Waals surface area contributed by atoms with Crippen LogP contribution in [-0.2, 0) is 6.54 Å². The van der Waals surface area contributed by atoms with E-state index in [1.807, 2.05) is 6.07 Å². The zero-order valence-electron chi connectivity index (χ0n) is 14.9. The molecule has 4 heteroatoms. The maximum Gasteiger partial charge on any atom is 0.407 e. The number of hydrogen-bond acceptors (Lipinski definition) is 2. The number of hydrogen-bond donors (Lipinski definition) is 1. The summed E-state index contributed by atoms with van der Waals surface area (Å²) in [5, 5.41) is 9.75. The highest BCUT2D eigenvalue weighted by molar-refractivity contribution is 5.66. The van der Waals surface area contributed by atoms with Crippen molar-refractivity contribution in [1.29, 1.82) is 0 Å². The maximum atomic E-state index is 11.9. The van der Waals surface area contributed by atoms with Gasteiger partial charge in [-0.15, -0.1) is 0 Å². The molecular weight excluding hydrogens is 288 g/mol. The Balaban J connectivity index is 2.27. The SMILES string of the molecule is CCC[C@]1(C(C)(C)C)CN(Cc2ccccc2)CCN1C(=O)O. The number of carboxylic acid groups (broad SMARTS) is 1. The third-order valence-electron chi connectivity index (χ3n) is 5.18. The Kier molecular flexibility index (Phi) is 5.35. The van der Waals surface area contributed by atoms with E-state index in [0.29, 0.717) is 6.54 Å². The summed E-state index contributed by atoms with van der Waals surface area (Å²) in [4.78, 5) is 16.0. The van der Waals surface area contributed by atoms with Gasteiger partial charge in [0.15, 0.2) is 0 Å². The molecule has 0 aliphatic carbocycles. The number of benzene rings is 1. The maximum absolute atomic E-state index is 11.9. The molecule has 2 rings (SSSR count). The summed E-state index contributed by atoms with van der Waals surface area (Å²) in [6.07, 6.45) is 1.10. The molecule has 1 aromatic rings. The predicted octanol–water partition coefficient (Wildman–Crippen LogP) is 4.07. The van der Waals surface area contributed by atoms with E-state index in [-0.39, 0.29) is 11.0 Å². The van der Waals surface area contributed by atoms with Crippen LogP contribution in [0.15, 0.2) is 30.3 Å². The molecule has 1 amide bonds. The lowest BCUT2D eigenvalue weighted by molar-refractivity contribution is -0.0630. The molecule has 0 spiro atoms. The van der Waals surface area contributed by atoms with Crippen LogP contribution in [0.4, 0.5) is 4.79 Å². The lowest BCUT2D eigenvalue weighted by atomic mass is 9.68. The smallest absolute Gasteiger partial charge is 0.407 e. The second-order valence-corrected chi connectivity index (χ2v) is 7.66. The first-order valence-electron chi connectivity index (χ1n) is 8.57. The minimum Gasteiger partial charge on any atom is -0.465 e. The average Bonchev–Trinajstić information content (AvgIpc) is 2.47. The molecule has 0 unspecified atom stereocenters. The Morgan fingerprint density at radius 1 is 1.22 bits per heavy atom. The molecule has 1 N–H and O–H groups in total. The largest absolute Gasteiger partial charge is 0.465 e. The molecule has 1 aromatic carbocycles. The lowest BCUT2D eigenvalue weighted by Gasteiger charge is -2.56. The predicted molar refractivity (Wildman–Crippen MR) is 93.5 cm³/mol. The van der Waals surface area contributed by atoms with E-state index in [9.17, 15) is 9.90 Å². The molecule has 4 nitrogen and oxygen atoms in total. The first kappa shape index (κ1) is 17.8. The van der Waals surface area contributed by atoms with Gasteiger partial charge in [0.05, 0.1) is 5.54 Å². The number of rotatable bonds is 4. The number of piperazine rings is 1. The second kappa shape index (κ2) is 6.91. The van der Waals surface area contributed by atoms with Crippen molar-refractivity contribution in [3.63, 3.8) is 0 Å². The van der Waals surface area contributed by atoms with Gasteiger partial charge in [-0.1, -0.05) is 64.4 Å². The Labute approximate surface area is 140 Å². The fourth-order valence-corrected chi connectivity index (χ4v) is 3.89. The monoisotopic (exact) mass is 318 g/mol. The van der Waals surface area contributed by atoms with Crippen molar-refractivity contribution >= 4 is 6.09 Å². The van der Waals surface area contributed by atoms with E-state index in [1.165, 1.54) is 5.56 Å².